The van der Waals surface area contributed by atoms with Crippen molar-refractivity contribution in [3.05, 3.63) is 18.0 Å². The van der Waals surface area contributed by atoms with Crippen molar-refractivity contribution in [1.82, 2.24) is 24.9 Å². The fourth-order valence-corrected chi connectivity index (χ4v) is 3.88. The number of H-pyrrole nitrogens is 1. The lowest BCUT2D eigenvalue weighted by molar-refractivity contribution is -0.142. The molecule has 0 radical (unpaired) electrons. The highest BCUT2D eigenvalue weighted by Gasteiger charge is 2.32. The zero-order valence-corrected chi connectivity index (χ0v) is 16.0. The Morgan fingerprint density at radius 1 is 1.15 bits per heavy atom. The SMILES string of the molecule is CC(C(=O)N1CCCN(C(=O)CCCc2cn[nH]c2)CC1)N1CCCC1=O. The van der Waals surface area contributed by atoms with Crippen LogP contribution in [-0.2, 0) is 20.8 Å². The Kier molecular flexibility index (Phi) is 6.47. The molecule has 8 heteroatoms. The number of nitrogens with one attached hydrogen (secondary N) is 1. The van der Waals surface area contributed by atoms with Gasteiger partial charge in [0.25, 0.3) is 0 Å². The van der Waals surface area contributed by atoms with Gasteiger partial charge in [0.15, 0.2) is 0 Å². The molecule has 27 heavy (non-hydrogen) atoms. The predicted octanol–water partition coefficient (Wildman–Crippen LogP) is 0.804. The zero-order valence-electron chi connectivity index (χ0n) is 16.0. The van der Waals surface area contributed by atoms with Gasteiger partial charge in [0, 0.05) is 51.8 Å². The summed E-state index contributed by atoms with van der Waals surface area (Å²) in [5.41, 5.74) is 1.11. The zero-order chi connectivity index (χ0) is 19.2. The first-order valence-corrected chi connectivity index (χ1v) is 9.90. The van der Waals surface area contributed by atoms with Gasteiger partial charge in [-0.1, -0.05) is 0 Å². The van der Waals surface area contributed by atoms with E-state index < -0.39 is 6.04 Å². The van der Waals surface area contributed by atoms with Crippen molar-refractivity contribution in [1.29, 1.82) is 0 Å². The summed E-state index contributed by atoms with van der Waals surface area (Å²) in [6.45, 7) is 4.92. The lowest BCUT2D eigenvalue weighted by Crippen LogP contribution is -2.48. The van der Waals surface area contributed by atoms with E-state index in [4.69, 9.17) is 0 Å². The Hall–Kier alpha value is -2.38. The molecular weight excluding hydrogens is 346 g/mol. The Morgan fingerprint density at radius 2 is 1.93 bits per heavy atom. The van der Waals surface area contributed by atoms with Gasteiger partial charge in [0.2, 0.25) is 17.7 Å². The van der Waals surface area contributed by atoms with Gasteiger partial charge in [-0.05, 0) is 38.2 Å². The maximum Gasteiger partial charge on any atom is 0.245 e. The van der Waals surface area contributed by atoms with Crippen molar-refractivity contribution < 1.29 is 14.4 Å². The van der Waals surface area contributed by atoms with Crippen LogP contribution in [0.1, 0.15) is 44.6 Å². The number of likely N-dealkylation sites (tertiary alicyclic amines) is 1. The second-order valence-corrected chi connectivity index (χ2v) is 7.39. The maximum atomic E-state index is 12.8. The van der Waals surface area contributed by atoms with E-state index >= 15 is 0 Å². The second-order valence-electron chi connectivity index (χ2n) is 7.39. The number of carbonyl (C=O) groups excluding carboxylic acids is 3. The van der Waals surface area contributed by atoms with Crippen molar-refractivity contribution in [3.8, 4) is 0 Å². The van der Waals surface area contributed by atoms with Crippen LogP contribution < -0.4 is 0 Å². The molecule has 3 amide bonds. The number of hydrogen-bond donors (Lipinski definition) is 1. The number of hydrogen-bond acceptors (Lipinski definition) is 4. The van der Waals surface area contributed by atoms with Crippen LogP contribution in [0.15, 0.2) is 12.4 Å². The third-order valence-electron chi connectivity index (χ3n) is 5.51. The molecule has 2 saturated heterocycles. The third-order valence-corrected chi connectivity index (χ3v) is 5.51. The van der Waals surface area contributed by atoms with E-state index in [1.165, 1.54) is 0 Å². The summed E-state index contributed by atoms with van der Waals surface area (Å²) in [6.07, 6.45) is 7.93. The van der Waals surface area contributed by atoms with Gasteiger partial charge in [0.1, 0.15) is 6.04 Å². The molecular formula is C19H29N5O3. The van der Waals surface area contributed by atoms with E-state index in [-0.39, 0.29) is 17.7 Å². The number of aryl methyl sites for hydroxylation is 1. The van der Waals surface area contributed by atoms with E-state index in [0.717, 1.165) is 31.2 Å². The van der Waals surface area contributed by atoms with Crippen molar-refractivity contribution >= 4 is 17.7 Å². The van der Waals surface area contributed by atoms with Gasteiger partial charge >= 0.3 is 0 Å². The molecule has 0 aromatic carbocycles. The Bertz CT molecular complexity index is 660. The monoisotopic (exact) mass is 375 g/mol. The van der Waals surface area contributed by atoms with Gasteiger partial charge < -0.3 is 14.7 Å². The molecule has 0 aliphatic carbocycles. The Morgan fingerprint density at radius 3 is 2.63 bits per heavy atom. The third kappa shape index (κ3) is 4.87. The molecule has 0 spiro atoms. The number of nitrogens with zero attached hydrogens (tertiary/aromatic N) is 4. The molecule has 0 saturated carbocycles. The molecule has 2 fully saturated rings. The molecule has 3 rings (SSSR count). The van der Waals surface area contributed by atoms with Gasteiger partial charge in [-0.15, -0.1) is 0 Å². The lowest BCUT2D eigenvalue weighted by atomic mass is 10.1. The molecule has 8 nitrogen and oxygen atoms in total. The molecule has 1 unspecified atom stereocenters. The predicted molar refractivity (Wildman–Crippen MR) is 99.7 cm³/mol. The first-order valence-electron chi connectivity index (χ1n) is 9.90. The summed E-state index contributed by atoms with van der Waals surface area (Å²) < 4.78 is 0. The maximum absolute atomic E-state index is 12.8. The van der Waals surface area contributed by atoms with E-state index in [1.807, 2.05) is 22.9 Å². The van der Waals surface area contributed by atoms with Gasteiger partial charge in [-0.25, -0.2) is 0 Å². The summed E-state index contributed by atoms with van der Waals surface area (Å²) in [4.78, 5) is 42.5. The number of carbonyl (C=O) groups is 3. The first-order chi connectivity index (χ1) is 13.1. The average Bonchev–Trinajstić information content (AvgIpc) is 3.26. The van der Waals surface area contributed by atoms with E-state index in [2.05, 4.69) is 10.2 Å². The first kappa shape index (κ1) is 19.4. The quantitative estimate of drug-likeness (QED) is 0.797. The van der Waals surface area contributed by atoms with Crippen molar-refractivity contribution in [2.24, 2.45) is 0 Å². The van der Waals surface area contributed by atoms with E-state index in [9.17, 15) is 14.4 Å². The normalized spacial score (nSPS) is 19.3. The fraction of sp³-hybridized carbons (Fsp3) is 0.684. The van der Waals surface area contributed by atoms with Crippen molar-refractivity contribution in [3.63, 3.8) is 0 Å². The average molecular weight is 375 g/mol. The summed E-state index contributed by atoms with van der Waals surface area (Å²) in [5, 5.41) is 6.69. The van der Waals surface area contributed by atoms with Gasteiger partial charge in [-0.2, -0.15) is 5.10 Å². The molecule has 2 aliphatic rings. The van der Waals surface area contributed by atoms with Crippen LogP contribution in [0.2, 0.25) is 0 Å². The standard InChI is InChI=1S/C19H29N5O3/c1-15(24-10-3-7-18(24)26)19(27)23-9-4-8-22(11-12-23)17(25)6-2-5-16-13-20-21-14-16/h13-15H,2-12H2,1H3,(H,20,21). The summed E-state index contributed by atoms with van der Waals surface area (Å²) in [7, 11) is 0. The van der Waals surface area contributed by atoms with Crippen LogP contribution in [-0.4, -0.2) is 81.4 Å². The van der Waals surface area contributed by atoms with Crippen LogP contribution >= 0.6 is 0 Å². The molecule has 1 N–H and O–H groups in total. The van der Waals surface area contributed by atoms with Crippen LogP contribution in [0, 0.1) is 0 Å². The number of aromatic nitrogens is 2. The highest BCUT2D eigenvalue weighted by atomic mass is 16.2. The summed E-state index contributed by atoms with van der Waals surface area (Å²) >= 11 is 0. The van der Waals surface area contributed by atoms with Gasteiger partial charge in [0.05, 0.1) is 6.20 Å². The minimum atomic E-state index is -0.405. The van der Waals surface area contributed by atoms with Crippen LogP contribution in [0.25, 0.3) is 0 Å². The molecule has 0 bridgehead atoms. The minimum absolute atomic E-state index is 0.000457. The lowest BCUT2D eigenvalue weighted by Gasteiger charge is -2.29. The topological polar surface area (TPSA) is 89.6 Å². The molecule has 1 aromatic rings. The van der Waals surface area contributed by atoms with Crippen LogP contribution in [0.4, 0.5) is 0 Å². The Labute approximate surface area is 159 Å². The van der Waals surface area contributed by atoms with Gasteiger partial charge in [-0.3, -0.25) is 19.5 Å². The molecule has 3 heterocycles. The summed E-state index contributed by atoms with van der Waals surface area (Å²) in [5.74, 6) is 0.218. The fourth-order valence-electron chi connectivity index (χ4n) is 3.88. The van der Waals surface area contributed by atoms with Crippen LogP contribution in [0.3, 0.4) is 0 Å². The highest BCUT2D eigenvalue weighted by Crippen LogP contribution is 2.16. The van der Waals surface area contributed by atoms with E-state index in [0.29, 0.717) is 45.6 Å². The second kappa shape index (κ2) is 9.01. The van der Waals surface area contributed by atoms with E-state index in [1.54, 1.807) is 11.1 Å². The minimum Gasteiger partial charge on any atom is -0.341 e. The molecule has 148 valence electrons. The summed E-state index contributed by atoms with van der Waals surface area (Å²) in [6, 6.07) is -0.405. The largest absolute Gasteiger partial charge is 0.341 e. The molecule has 1 atom stereocenters. The highest BCUT2D eigenvalue weighted by molar-refractivity contribution is 5.88. The number of amides is 3. The molecule has 1 aromatic heterocycles. The number of rotatable bonds is 6. The smallest absolute Gasteiger partial charge is 0.245 e. The Balaban J connectivity index is 1.45. The van der Waals surface area contributed by atoms with Crippen molar-refractivity contribution in [2.45, 2.75) is 51.5 Å². The van der Waals surface area contributed by atoms with Crippen molar-refractivity contribution in [2.75, 3.05) is 32.7 Å². The van der Waals surface area contributed by atoms with Crippen LogP contribution in [0.5, 0.6) is 0 Å². The number of aromatic amines is 1. The molecule has 2 aliphatic heterocycles.